The molecule has 2 rings (SSSR count). The Hall–Kier alpha value is -1.40. The van der Waals surface area contributed by atoms with Crippen LogP contribution >= 0.6 is 0 Å². The molecule has 0 spiro atoms. The van der Waals surface area contributed by atoms with Crippen LogP contribution in [0.1, 0.15) is 19.0 Å². The van der Waals surface area contributed by atoms with Crippen LogP contribution in [0.15, 0.2) is 12.5 Å². The first-order valence-electron chi connectivity index (χ1n) is 5.79. The Morgan fingerprint density at radius 1 is 1.71 bits per heavy atom. The summed E-state index contributed by atoms with van der Waals surface area (Å²) in [7, 11) is 0. The molecule has 1 atom stereocenters. The maximum Gasteiger partial charge on any atom is 0.325 e. The predicted octanol–water partition coefficient (Wildman–Crippen LogP) is -0.109. The van der Waals surface area contributed by atoms with Gasteiger partial charge in [0.25, 0.3) is 0 Å². The molecule has 1 saturated heterocycles. The van der Waals surface area contributed by atoms with E-state index in [-0.39, 0.29) is 0 Å². The summed E-state index contributed by atoms with van der Waals surface area (Å²) in [5, 5.41) is 9.05. The monoisotopic (exact) mass is 238 g/mol. The van der Waals surface area contributed by atoms with Crippen molar-refractivity contribution in [3.05, 3.63) is 18.2 Å². The second-order valence-corrected chi connectivity index (χ2v) is 4.59. The lowest BCUT2D eigenvalue weighted by Gasteiger charge is -2.20. The van der Waals surface area contributed by atoms with Crippen LogP contribution in [0.2, 0.25) is 0 Å². The summed E-state index contributed by atoms with van der Waals surface area (Å²) in [4.78, 5) is 17.2. The maximum absolute atomic E-state index is 11.0. The zero-order chi connectivity index (χ0) is 12.5. The van der Waals surface area contributed by atoms with Gasteiger partial charge in [-0.2, -0.15) is 0 Å². The lowest BCUT2D eigenvalue weighted by Crippen LogP contribution is -2.50. The Morgan fingerprint density at radius 2 is 2.47 bits per heavy atom. The average Bonchev–Trinajstić information content (AvgIpc) is 2.87. The predicted molar refractivity (Wildman–Crippen MR) is 62.3 cm³/mol. The van der Waals surface area contributed by atoms with E-state index in [2.05, 4.69) is 21.4 Å². The lowest BCUT2D eigenvalue weighted by atomic mass is 10.0. The van der Waals surface area contributed by atoms with E-state index in [1.807, 2.05) is 6.20 Å². The molecule has 0 saturated carbocycles. The fraction of sp³-hybridized carbons (Fsp3) is 0.636. The van der Waals surface area contributed by atoms with Crippen LogP contribution in [-0.2, 0) is 17.9 Å². The Bertz CT molecular complexity index is 417. The van der Waals surface area contributed by atoms with Crippen molar-refractivity contribution in [3.8, 4) is 0 Å². The van der Waals surface area contributed by atoms with E-state index in [0.717, 1.165) is 18.8 Å². The quantitative estimate of drug-likeness (QED) is 0.764. The third kappa shape index (κ3) is 2.32. The van der Waals surface area contributed by atoms with Crippen molar-refractivity contribution >= 4 is 5.97 Å². The first-order valence-corrected chi connectivity index (χ1v) is 5.79. The number of aromatic nitrogens is 2. The molecule has 2 heterocycles. The second kappa shape index (κ2) is 4.46. The van der Waals surface area contributed by atoms with Crippen LogP contribution in [0, 0.1) is 0 Å². The largest absolute Gasteiger partial charge is 0.480 e. The number of carboxylic acids is 1. The van der Waals surface area contributed by atoms with Gasteiger partial charge in [0.15, 0.2) is 0 Å². The van der Waals surface area contributed by atoms with Gasteiger partial charge in [-0.25, -0.2) is 4.98 Å². The number of hydrogen-bond acceptors (Lipinski definition) is 4. The molecule has 0 bridgehead atoms. The maximum atomic E-state index is 11.0. The SMILES string of the molecule is CCn1cncc1CN1CCC(N)(C(=O)O)C1. The highest BCUT2D eigenvalue weighted by molar-refractivity contribution is 5.79. The van der Waals surface area contributed by atoms with Gasteiger partial charge >= 0.3 is 5.97 Å². The first kappa shape index (κ1) is 12.1. The van der Waals surface area contributed by atoms with E-state index >= 15 is 0 Å². The van der Waals surface area contributed by atoms with Gasteiger partial charge in [0, 0.05) is 32.4 Å². The van der Waals surface area contributed by atoms with Crippen LogP contribution in [0.4, 0.5) is 0 Å². The topological polar surface area (TPSA) is 84.4 Å². The van der Waals surface area contributed by atoms with Crippen LogP contribution in [0.25, 0.3) is 0 Å². The molecule has 6 nitrogen and oxygen atoms in total. The average molecular weight is 238 g/mol. The van der Waals surface area contributed by atoms with Gasteiger partial charge in [0.1, 0.15) is 5.54 Å². The van der Waals surface area contributed by atoms with Crippen molar-refractivity contribution in [3.63, 3.8) is 0 Å². The van der Waals surface area contributed by atoms with E-state index in [0.29, 0.717) is 19.5 Å². The van der Waals surface area contributed by atoms with Crippen LogP contribution in [-0.4, -0.2) is 44.2 Å². The van der Waals surface area contributed by atoms with E-state index in [9.17, 15) is 4.79 Å². The zero-order valence-corrected chi connectivity index (χ0v) is 9.96. The molecule has 1 aliphatic rings. The number of aryl methyl sites for hydroxylation is 1. The molecule has 17 heavy (non-hydrogen) atoms. The van der Waals surface area contributed by atoms with Gasteiger partial charge in [-0.15, -0.1) is 0 Å². The molecule has 1 aliphatic heterocycles. The summed E-state index contributed by atoms with van der Waals surface area (Å²) in [6.07, 6.45) is 4.11. The summed E-state index contributed by atoms with van der Waals surface area (Å²) >= 11 is 0. The Balaban J connectivity index is 2.01. The van der Waals surface area contributed by atoms with E-state index in [4.69, 9.17) is 10.8 Å². The molecule has 0 aliphatic carbocycles. The molecule has 94 valence electrons. The number of nitrogens with zero attached hydrogens (tertiary/aromatic N) is 3. The van der Waals surface area contributed by atoms with Crippen LogP contribution in [0.3, 0.4) is 0 Å². The Labute approximate surface area is 100 Å². The summed E-state index contributed by atoms with van der Waals surface area (Å²) in [6.45, 7) is 4.75. The highest BCUT2D eigenvalue weighted by Gasteiger charge is 2.41. The minimum atomic E-state index is -1.09. The molecule has 0 radical (unpaired) electrons. The van der Waals surface area contributed by atoms with Crippen molar-refractivity contribution < 1.29 is 9.90 Å². The smallest absolute Gasteiger partial charge is 0.325 e. The summed E-state index contributed by atoms with van der Waals surface area (Å²) < 4.78 is 2.05. The first-order chi connectivity index (χ1) is 8.05. The fourth-order valence-electron chi connectivity index (χ4n) is 2.22. The number of carboxylic acid groups (broad SMARTS) is 1. The molecule has 1 fully saturated rings. The number of carbonyl (C=O) groups is 1. The number of likely N-dealkylation sites (tertiary alicyclic amines) is 1. The van der Waals surface area contributed by atoms with Crippen molar-refractivity contribution in [1.82, 2.24) is 14.5 Å². The van der Waals surface area contributed by atoms with Gasteiger partial charge in [-0.3, -0.25) is 9.69 Å². The highest BCUT2D eigenvalue weighted by Crippen LogP contribution is 2.20. The highest BCUT2D eigenvalue weighted by atomic mass is 16.4. The minimum absolute atomic E-state index is 0.400. The van der Waals surface area contributed by atoms with Crippen LogP contribution in [0.5, 0.6) is 0 Å². The molecule has 0 aromatic carbocycles. The zero-order valence-electron chi connectivity index (χ0n) is 9.96. The molecular weight excluding hydrogens is 220 g/mol. The van der Waals surface area contributed by atoms with Gasteiger partial charge in [-0.1, -0.05) is 0 Å². The number of aliphatic carboxylic acids is 1. The van der Waals surface area contributed by atoms with Gasteiger partial charge in [0.05, 0.1) is 12.0 Å². The Kier molecular flexibility index (Phi) is 3.17. The van der Waals surface area contributed by atoms with E-state index in [1.54, 1.807) is 6.33 Å². The molecule has 1 aromatic heterocycles. The molecule has 0 amide bonds. The molecule has 1 unspecified atom stereocenters. The standard InChI is InChI=1S/C11H18N4O2/c1-2-15-8-13-5-9(15)6-14-4-3-11(12,7-14)10(16)17/h5,8H,2-4,6-7,12H2,1H3,(H,16,17). The summed E-state index contributed by atoms with van der Waals surface area (Å²) in [5.41, 5.74) is 5.84. The van der Waals surface area contributed by atoms with Gasteiger partial charge in [-0.05, 0) is 13.3 Å². The number of hydrogen-bond donors (Lipinski definition) is 2. The number of imidazole rings is 1. The fourth-order valence-corrected chi connectivity index (χ4v) is 2.22. The molecule has 3 N–H and O–H groups in total. The van der Waals surface area contributed by atoms with Crippen molar-refractivity contribution in [1.29, 1.82) is 0 Å². The van der Waals surface area contributed by atoms with Gasteiger partial charge < -0.3 is 15.4 Å². The minimum Gasteiger partial charge on any atom is -0.480 e. The third-order valence-corrected chi connectivity index (χ3v) is 3.33. The second-order valence-electron chi connectivity index (χ2n) is 4.59. The van der Waals surface area contributed by atoms with Crippen molar-refractivity contribution in [2.24, 2.45) is 5.73 Å². The molecular formula is C11H18N4O2. The summed E-state index contributed by atoms with van der Waals surface area (Å²) in [6, 6.07) is 0. The van der Waals surface area contributed by atoms with Crippen molar-refractivity contribution in [2.75, 3.05) is 13.1 Å². The van der Waals surface area contributed by atoms with E-state index in [1.165, 1.54) is 0 Å². The Morgan fingerprint density at radius 3 is 3.06 bits per heavy atom. The van der Waals surface area contributed by atoms with E-state index < -0.39 is 11.5 Å². The molecule has 6 heteroatoms. The third-order valence-electron chi connectivity index (χ3n) is 3.33. The van der Waals surface area contributed by atoms with Gasteiger partial charge in [0.2, 0.25) is 0 Å². The van der Waals surface area contributed by atoms with Crippen molar-refractivity contribution in [2.45, 2.75) is 32.0 Å². The number of nitrogens with two attached hydrogens (primary N) is 1. The summed E-state index contributed by atoms with van der Waals surface area (Å²) in [5.74, 6) is -0.913. The number of rotatable bonds is 4. The molecule has 1 aromatic rings. The lowest BCUT2D eigenvalue weighted by molar-refractivity contribution is -0.142. The normalized spacial score (nSPS) is 25.3. The van der Waals surface area contributed by atoms with Crippen LogP contribution < -0.4 is 5.73 Å².